The van der Waals surface area contributed by atoms with Gasteiger partial charge in [-0.2, -0.15) is 0 Å². The van der Waals surface area contributed by atoms with Crippen LogP contribution in [0.25, 0.3) is 11.4 Å². The zero-order chi connectivity index (χ0) is 25.2. The molecule has 0 bridgehead atoms. The first-order valence-electron chi connectivity index (χ1n) is 11.3. The van der Waals surface area contributed by atoms with Crippen molar-refractivity contribution in [3.05, 3.63) is 47.8 Å². The number of hydrogen-bond donors (Lipinski definition) is 2. The van der Waals surface area contributed by atoms with Crippen LogP contribution in [-0.2, 0) is 25.6 Å². The van der Waals surface area contributed by atoms with E-state index in [0.717, 1.165) is 0 Å². The fourth-order valence-electron chi connectivity index (χ4n) is 6.18. The van der Waals surface area contributed by atoms with Crippen molar-refractivity contribution in [2.75, 3.05) is 14.1 Å². The summed E-state index contributed by atoms with van der Waals surface area (Å²) in [5, 5.41) is 11.6. The summed E-state index contributed by atoms with van der Waals surface area (Å²) < 4.78 is 0. The zero-order valence-electron chi connectivity index (χ0n) is 19.2. The number of fused-ring (bicyclic) bond motifs is 3. The third-order valence-corrected chi connectivity index (χ3v) is 7.66. The van der Waals surface area contributed by atoms with Crippen LogP contribution < -0.4 is 5.73 Å². The van der Waals surface area contributed by atoms with E-state index in [1.54, 1.807) is 50.8 Å². The summed E-state index contributed by atoms with van der Waals surface area (Å²) in [6, 6.07) is 5.66. The lowest BCUT2D eigenvalue weighted by molar-refractivity contribution is -0.181. The predicted octanol–water partition coefficient (Wildman–Crippen LogP) is -0.382. The molecule has 3 N–H and O–H groups in total. The van der Waals surface area contributed by atoms with E-state index in [4.69, 9.17) is 5.73 Å². The molecule has 1 aromatic carbocycles. The van der Waals surface area contributed by atoms with Crippen LogP contribution in [0.2, 0.25) is 0 Å². The standard InChI is InChI=1S/C25H24N4O6/c1-29(2)18-15-10-11-9-14-12(5-3-6-13(14)24-27-7-4-8-28-24)19(30)16(11)21(32)25(15,35)22(33)17(20(18)31)23(26)34/h3-8,11,15-18,35H,9-10H2,1-2H3,(H2,26,34)/t11-,15-,16?,17?,18-,25-/m0/s1. The molecule has 10 nitrogen and oxygen atoms in total. The van der Waals surface area contributed by atoms with Crippen LogP contribution in [0.5, 0.6) is 0 Å². The Bertz CT molecular complexity index is 1290. The fourth-order valence-corrected chi connectivity index (χ4v) is 6.18. The molecule has 2 aromatic rings. The highest BCUT2D eigenvalue weighted by Gasteiger charge is 2.69. The molecule has 5 rings (SSSR count). The average molecular weight is 476 g/mol. The number of nitrogens with zero attached hydrogens (tertiary/aromatic N) is 3. The maximum Gasteiger partial charge on any atom is 0.235 e. The molecule has 1 heterocycles. The maximum atomic E-state index is 13.7. The van der Waals surface area contributed by atoms with E-state index in [9.17, 15) is 29.1 Å². The van der Waals surface area contributed by atoms with Crippen LogP contribution in [0.1, 0.15) is 22.3 Å². The lowest BCUT2D eigenvalue weighted by Crippen LogP contribution is -2.74. The molecule has 10 heteroatoms. The predicted molar refractivity (Wildman–Crippen MR) is 121 cm³/mol. The minimum absolute atomic E-state index is 0.0634. The van der Waals surface area contributed by atoms with Crippen LogP contribution in [0.3, 0.4) is 0 Å². The van der Waals surface area contributed by atoms with Crippen LogP contribution in [0.15, 0.2) is 36.7 Å². The number of ketones is 4. The van der Waals surface area contributed by atoms with Gasteiger partial charge in [0, 0.05) is 29.4 Å². The van der Waals surface area contributed by atoms with E-state index < -0.39 is 64.4 Å². The van der Waals surface area contributed by atoms with Crippen molar-refractivity contribution in [1.82, 2.24) is 14.9 Å². The molecular formula is C25H24N4O6. The van der Waals surface area contributed by atoms with Gasteiger partial charge in [-0.3, -0.25) is 28.9 Å². The topological polar surface area (TPSA) is 161 Å². The molecule has 0 radical (unpaired) electrons. The van der Waals surface area contributed by atoms with Crippen LogP contribution in [-0.4, -0.2) is 74.8 Å². The van der Waals surface area contributed by atoms with Crippen LogP contribution in [0.4, 0.5) is 0 Å². The molecular weight excluding hydrogens is 452 g/mol. The molecule has 180 valence electrons. The molecule has 2 fully saturated rings. The van der Waals surface area contributed by atoms with Crippen molar-refractivity contribution in [3.63, 3.8) is 0 Å². The molecule has 1 amide bonds. The Hall–Kier alpha value is -3.63. The second-order valence-corrected chi connectivity index (χ2v) is 9.69. The summed E-state index contributed by atoms with van der Waals surface area (Å²) in [6.45, 7) is 0. The van der Waals surface area contributed by atoms with E-state index in [1.165, 1.54) is 4.90 Å². The largest absolute Gasteiger partial charge is 0.374 e. The number of carbonyl (C=O) groups excluding carboxylic acids is 5. The third kappa shape index (κ3) is 3.13. The Morgan fingerprint density at radius 2 is 1.71 bits per heavy atom. The first-order chi connectivity index (χ1) is 16.6. The first-order valence-corrected chi connectivity index (χ1v) is 11.3. The SMILES string of the molecule is CN(C)[C@@H]1C(=O)C(C(N)=O)C(=O)[C@@]2(O)C(=O)C3C(=O)c4cccc(-c5ncccn5)c4C[C@H]3C[C@@H]12. The van der Waals surface area contributed by atoms with Gasteiger partial charge in [0.1, 0.15) is 0 Å². The number of rotatable bonds is 3. The second-order valence-electron chi connectivity index (χ2n) is 9.69. The molecule has 0 saturated heterocycles. The van der Waals surface area contributed by atoms with Crippen molar-refractivity contribution < 1.29 is 29.1 Å². The normalized spacial score (nSPS) is 32.2. The van der Waals surface area contributed by atoms with E-state index in [0.29, 0.717) is 28.9 Å². The number of likely N-dealkylation sites (N-methyl/N-ethyl adjacent to an activating group) is 1. The van der Waals surface area contributed by atoms with Crippen molar-refractivity contribution in [1.29, 1.82) is 0 Å². The lowest BCUT2D eigenvalue weighted by atomic mass is 9.52. The summed E-state index contributed by atoms with van der Waals surface area (Å²) in [4.78, 5) is 75.8. The molecule has 1 aromatic heterocycles. The molecule has 2 saturated carbocycles. The lowest BCUT2D eigenvalue weighted by Gasteiger charge is -2.52. The minimum atomic E-state index is -2.66. The Morgan fingerprint density at radius 1 is 1.06 bits per heavy atom. The highest BCUT2D eigenvalue weighted by atomic mass is 16.3. The van der Waals surface area contributed by atoms with Gasteiger partial charge in [-0.05, 0) is 44.5 Å². The monoisotopic (exact) mass is 476 g/mol. The van der Waals surface area contributed by atoms with Crippen molar-refractivity contribution in [2.24, 2.45) is 29.4 Å². The minimum Gasteiger partial charge on any atom is -0.374 e. The highest BCUT2D eigenvalue weighted by Crippen LogP contribution is 2.50. The number of hydrogen-bond acceptors (Lipinski definition) is 9. The summed E-state index contributed by atoms with van der Waals surface area (Å²) in [6.07, 6.45) is 3.55. The number of amides is 1. The smallest absolute Gasteiger partial charge is 0.235 e. The van der Waals surface area contributed by atoms with Crippen LogP contribution in [0, 0.1) is 23.7 Å². The Labute approximate surface area is 200 Å². The van der Waals surface area contributed by atoms with Crippen molar-refractivity contribution in [2.45, 2.75) is 24.5 Å². The molecule has 35 heavy (non-hydrogen) atoms. The number of aliphatic hydroxyl groups is 1. The number of primary amides is 1. The summed E-state index contributed by atoms with van der Waals surface area (Å²) >= 11 is 0. The van der Waals surface area contributed by atoms with E-state index in [1.807, 2.05) is 0 Å². The van der Waals surface area contributed by atoms with Crippen molar-refractivity contribution in [3.8, 4) is 11.4 Å². The van der Waals surface area contributed by atoms with Gasteiger partial charge in [0.05, 0.1) is 12.0 Å². The van der Waals surface area contributed by atoms with Gasteiger partial charge in [-0.15, -0.1) is 0 Å². The quantitative estimate of drug-likeness (QED) is 0.563. The van der Waals surface area contributed by atoms with Crippen LogP contribution >= 0.6 is 0 Å². The molecule has 0 aliphatic heterocycles. The van der Waals surface area contributed by atoms with Gasteiger partial charge in [-0.1, -0.05) is 18.2 Å². The number of benzene rings is 1. The average Bonchev–Trinajstić information content (AvgIpc) is 2.81. The Morgan fingerprint density at radius 3 is 2.34 bits per heavy atom. The van der Waals surface area contributed by atoms with Gasteiger partial charge < -0.3 is 10.8 Å². The van der Waals surface area contributed by atoms with Gasteiger partial charge in [0.15, 0.2) is 40.5 Å². The fraction of sp³-hybridized carbons (Fsp3) is 0.400. The van der Waals surface area contributed by atoms with Crippen molar-refractivity contribution >= 4 is 29.0 Å². The zero-order valence-corrected chi connectivity index (χ0v) is 19.2. The van der Waals surface area contributed by atoms with E-state index >= 15 is 0 Å². The molecule has 3 aliphatic carbocycles. The molecule has 2 unspecified atom stereocenters. The molecule has 3 aliphatic rings. The summed E-state index contributed by atoms with van der Waals surface area (Å²) in [5.74, 6) is -9.11. The van der Waals surface area contributed by atoms with Gasteiger partial charge in [-0.25, -0.2) is 9.97 Å². The van der Waals surface area contributed by atoms with E-state index in [2.05, 4.69) is 9.97 Å². The second kappa shape index (κ2) is 7.96. The summed E-state index contributed by atoms with van der Waals surface area (Å²) in [5.41, 5.74) is 4.33. The van der Waals surface area contributed by atoms with E-state index in [-0.39, 0.29) is 6.42 Å². The third-order valence-electron chi connectivity index (χ3n) is 7.66. The maximum absolute atomic E-state index is 13.7. The molecule has 0 spiro atoms. The highest BCUT2D eigenvalue weighted by molar-refractivity contribution is 6.32. The molecule has 6 atom stereocenters. The Balaban J connectivity index is 1.64. The number of Topliss-reactive ketones (excluding diaryl/α,β-unsaturated/α-hetero) is 4. The van der Waals surface area contributed by atoms with Gasteiger partial charge in [0.2, 0.25) is 5.91 Å². The number of aromatic nitrogens is 2. The van der Waals surface area contributed by atoms with Gasteiger partial charge in [0.25, 0.3) is 0 Å². The first kappa shape index (κ1) is 23.1. The summed E-state index contributed by atoms with van der Waals surface area (Å²) in [7, 11) is 3.14. The Kier molecular flexibility index (Phi) is 5.26. The number of carbonyl (C=O) groups is 5. The number of nitrogens with two attached hydrogens (primary N) is 1. The van der Waals surface area contributed by atoms with Gasteiger partial charge >= 0.3 is 0 Å².